The topological polar surface area (TPSA) is 42.1 Å². The molecule has 0 spiro atoms. The third-order valence-corrected chi connectivity index (χ3v) is 2.98. The summed E-state index contributed by atoms with van der Waals surface area (Å²) in [6, 6.07) is 4.91. The Morgan fingerprint density at radius 2 is 2.20 bits per heavy atom. The largest absolute Gasteiger partial charge is 0.357 e. The second-order valence-corrected chi connectivity index (χ2v) is 4.22. The summed E-state index contributed by atoms with van der Waals surface area (Å²) in [5.74, 6) is 1.08. The first-order chi connectivity index (χ1) is 7.24. The van der Waals surface area contributed by atoms with Crippen LogP contribution in [0.3, 0.4) is 0 Å². The van der Waals surface area contributed by atoms with E-state index >= 15 is 0 Å². The van der Waals surface area contributed by atoms with Gasteiger partial charge in [0.05, 0.1) is 0 Å². The molecule has 0 amide bonds. The Morgan fingerprint density at radius 3 is 2.73 bits per heavy atom. The predicted molar refractivity (Wildman–Crippen MR) is 62.9 cm³/mol. The molecule has 0 radical (unpaired) electrons. The molecule has 1 aliphatic carbocycles. The zero-order valence-corrected chi connectivity index (χ0v) is 9.53. The summed E-state index contributed by atoms with van der Waals surface area (Å²) in [5.41, 5.74) is 8.01. The van der Waals surface area contributed by atoms with Crippen molar-refractivity contribution in [3.05, 3.63) is 23.4 Å². The van der Waals surface area contributed by atoms with Crippen LogP contribution in [-0.4, -0.2) is 18.1 Å². The molecule has 0 atom stereocenters. The zero-order chi connectivity index (χ0) is 10.8. The molecule has 1 aromatic rings. The number of hydrogen-bond donors (Lipinski definition) is 1. The lowest BCUT2D eigenvalue weighted by Crippen LogP contribution is -2.21. The molecule has 2 rings (SSSR count). The number of nitrogens with two attached hydrogens (primary N) is 1. The molecule has 15 heavy (non-hydrogen) atoms. The summed E-state index contributed by atoms with van der Waals surface area (Å²) in [4.78, 5) is 6.91. The number of aryl methyl sites for hydroxylation is 1. The highest BCUT2D eigenvalue weighted by atomic mass is 15.2. The van der Waals surface area contributed by atoms with Crippen molar-refractivity contribution < 1.29 is 0 Å². The molecule has 3 nitrogen and oxygen atoms in total. The van der Waals surface area contributed by atoms with Crippen molar-refractivity contribution in [1.29, 1.82) is 0 Å². The van der Waals surface area contributed by atoms with E-state index in [9.17, 15) is 0 Å². The molecule has 1 fully saturated rings. The molecular formula is C12H19N3. The molecule has 1 heterocycles. The van der Waals surface area contributed by atoms with Gasteiger partial charge in [0.25, 0.3) is 0 Å². The van der Waals surface area contributed by atoms with Gasteiger partial charge in [0.2, 0.25) is 0 Å². The Labute approximate surface area is 91.3 Å². The van der Waals surface area contributed by atoms with E-state index in [1.54, 1.807) is 0 Å². The molecule has 3 heteroatoms. The second-order valence-electron chi connectivity index (χ2n) is 4.22. The molecule has 0 saturated heterocycles. The van der Waals surface area contributed by atoms with Crippen molar-refractivity contribution >= 4 is 5.82 Å². The molecule has 1 aromatic heterocycles. The number of pyridine rings is 1. The number of hydrogen-bond acceptors (Lipinski definition) is 3. The fraction of sp³-hybridized carbons (Fsp3) is 0.583. The maximum absolute atomic E-state index is 5.69. The van der Waals surface area contributed by atoms with Crippen LogP contribution in [0, 0.1) is 0 Å². The Kier molecular flexibility index (Phi) is 2.91. The van der Waals surface area contributed by atoms with E-state index in [-0.39, 0.29) is 0 Å². The van der Waals surface area contributed by atoms with Crippen molar-refractivity contribution in [2.45, 2.75) is 38.8 Å². The monoisotopic (exact) mass is 205 g/mol. The standard InChI is InChI=1S/C12H19N3/c1-3-10-6-9(8-13)7-12(14-10)15(2)11-4-5-11/h6-7,11H,3-5,8,13H2,1-2H3. The Hall–Kier alpha value is -1.09. The van der Waals surface area contributed by atoms with Crippen LogP contribution in [-0.2, 0) is 13.0 Å². The van der Waals surface area contributed by atoms with E-state index in [4.69, 9.17) is 5.73 Å². The van der Waals surface area contributed by atoms with Crippen molar-refractivity contribution in [2.24, 2.45) is 5.73 Å². The van der Waals surface area contributed by atoms with E-state index in [1.165, 1.54) is 18.4 Å². The highest BCUT2D eigenvalue weighted by Gasteiger charge is 2.27. The third-order valence-electron chi connectivity index (χ3n) is 2.98. The molecule has 1 saturated carbocycles. The van der Waals surface area contributed by atoms with E-state index < -0.39 is 0 Å². The highest BCUT2D eigenvalue weighted by Crippen LogP contribution is 2.29. The Morgan fingerprint density at radius 1 is 1.47 bits per heavy atom. The van der Waals surface area contributed by atoms with Gasteiger partial charge in [-0.15, -0.1) is 0 Å². The Balaban J connectivity index is 2.28. The van der Waals surface area contributed by atoms with E-state index in [1.807, 2.05) is 0 Å². The molecule has 1 aliphatic rings. The number of rotatable bonds is 4. The molecule has 0 bridgehead atoms. The minimum atomic E-state index is 0.598. The third kappa shape index (κ3) is 2.29. The van der Waals surface area contributed by atoms with Gasteiger partial charge in [-0.3, -0.25) is 0 Å². The van der Waals surface area contributed by atoms with Crippen molar-refractivity contribution in [3.8, 4) is 0 Å². The SMILES string of the molecule is CCc1cc(CN)cc(N(C)C2CC2)n1. The lowest BCUT2D eigenvalue weighted by atomic mass is 10.2. The summed E-state index contributed by atoms with van der Waals surface area (Å²) < 4.78 is 0. The van der Waals surface area contributed by atoms with Gasteiger partial charge in [-0.05, 0) is 37.0 Å². The lowest BCUT2D eigenvalue weighted by molar-refractivity contribution is 0.870. The van der Waals surface area contributed by atoms with Gasteiger partial charge in [0.15, 0.2) is 0 Å². The highest BCUT2D eigenvalue weighted by molar-refractivity contribution is 5.44. The summed E-state index contributed by atoms with van der Waals surface area (Å²) in [6.07, 6.45) is 3.57. The average molecular weight is 205 g/mol. The van der Waals surface area contributed by atoms with Crippen molar-refractivity contribution in [3.63, 3.8) is 0 Å². The molecule has 2 N–H and O–H groups in total. The lowest BCUT2D eigenvalue weighted by Gasteiger charge is -2.19. The zero-order valence-electron chi connectivity index (χ0n) is 9.53. The smallest absolute Gasteiger partial charge is 0.129 e. The molecule has 82 valence electrons. The summed E-state index contributed by atoms with van der Waals surface area (Å²) in [7, 11) is 2.12. The maximum atomic E-state index is 5.69. The molecule has 0 unspecified atom stereocenters. The minimum absolute atomic E-state index is 0.598. The Bertz CT molecular complexity index is 322. The first kappa shape index (κ1) is 10.4. The summed E-state index contributed by atoms with van der Waals surface area (Å²) in [6.45, 7) is 2.73. The van der Waals surface area contributed by atoms with Crippen molar-refractivity contribution in [1.82, 2.24) is 4.98 Å². The van der Waals surface area contributed by atoms with E-state index in [0.29, 0.717) is 12.6 Å². The first-order valence-corrected chi connectivity index (χ1v) is 5.67. The molecule has 0 aromatic carbocycles. The molecular weight excluding hydrogens is 186 g/mol. The van der Waals surface area contributed by atoms with Crippen LogP contribution < -0.4 is 10.6 Å². The van der Waals surface area contributed by atoms with Gasteiger partial charge in [-0.2, -0.15) is 0 Å². The second kappa shape index (κ2) is 4.19. The number of nitrogens with zero attached hydrogens (tertiary/aromatic N) is 2. The van der Waals surface area contributed by atoms with Crippen LogP contribution >= 0.6 is 0 Å². The fourth-order valence-electron chi connectivity index (χ4n) is 1.76. The predicted octanol–water partition coefficient (Wildman–Crippen LogP) is 1.70. The van der Waals surface area contributed by atoms with E-state index in [0.717, 1.165) is 17.9 Å². The number of aromatic nitrogens is 1. The average Bonchev–Trinajstić information content (AvgIpc) is 3.11. The van der Waals surface area contributed by atoms with Crippen LogP contribution in [0.2, 0.25) is 0 Å². The van der Waals surface area contributed by atoms with Gasteiger partial charge >= 0.3 is 0 Å². The van der Waals surface area contributed by atoms with Gasteiger partial charge in [-0.25, -0.2) is 4.98 Å². The number of anilines is 1. The van der Waals surface area contributed by atoms with Crippen LogP contribution in [0.15, 0.2) is 12.1 Å². The van der Waals surface area contributed by atoms with Crippen LogP contribution in [0.4, 0.5) is 5.82 Å². The maximum Gasteiger partial charge on any atom is 0.129 e. The van der Waals surface area contributed by atoms with Gasteiger partial charge in [-0.1, -0.05) is 6.92 Å². The van der Waals surface area contributed by atoms with Gasteiger partial charge in [0.1, 0.15) is 5.82 Å². The van der Waals surface area contributed by atoms with Crippen molar-refractivity contribution in [2.75, 3.05) is 11.9 Å². The van der Waals surface area contributed by atoms with Gasteiger partial charge in [0, 0.05) is 25.3 Å². The van der Waals surface area contributed by atoms with Crippen LogP contribution in [0.25, 0.3) is 0 Å². The quantitative estimate of drug-likeness (QED) is 0.813. The van der Waals surface area contributed by atoms with Crippen LogP contribution in [0.5, 0.6) is 0 Å². The summed E-state index contributed by atoms with van der Waals surface area (Å²) in [5, 5.41) is 0. The first-order valence-electron chi connectivity index (χ1n) is 5.67. The van der Waals surface area contributed by atoms with Gasteiger partial charge < -0.3 is 10.6 Å². The normalized spacial score (nSPS) is 15.4. The summed E-state index contributed by atoms with van der Waals surface area (Å²) >= 11 is 0. The fourth-order valence-corrected chi connectivity index (χ4v) is 1.76. The van der Waals surface area contributed by atoms with Crippen LogP contribution in [0.1, 0.15) is 31.0 Å². The van der Waals surface area contributed by atoms with E-state index in [2.05, 4.69) is 36.0 Å². The molecule has 0 aliphatic heterocycles. The minimum Gasteiger partial charge on any atom is -0.357 e.